The molecule has 9 nitrogen and oxygen atoms in total. The first-order valence-corrected chi connectivity index (χ1v) is 9.63. The molecule has 6 rings (SSSR count). The molecule has 6 heterocycles. The fraction of sp³-hybridized carbons (Fsp3) is 0.0455. The van der Waals surface area contributed by atoms with Gasteiger partial charge in [0.25, 0.3) is 0 Å². The Morgan fingerprint density at radius 1 is 1.00 bits per heavy atom. The Bertz CT molecular complexity index is 1580. The van der Waals surface area contributed by atoms with Crippen molar-refractivity contribution in [2.75, 3.05) is 0 Å². The van der Waals surface area contributed by atoms with Crippen LogP contribution in [0.4, 0.5) is 0 Å². The van der Waals surface area contributed by atoms with Crippen molar-refractivity contribution >= 4 is 21.9 Å². The van der Waals surface area contributed by atoms with Crippen LogP contribution in [0, 0.1) is 6.92 Å². The molecule has 6 aromatic rings. The summed E-state index contributed by atoms with van der Waals surface area (Å²) in [6.07, 6.45) is 10.4. The van der Waals surface area contributed by atoms with Crippen LogP contribution >= 0.6 is 0 Å². The second-order valence-corrected chi connectivity index (χ2v) is 7.32. The van der Waals surface area contributed by atoms with Crippen molar-refractivity contribution in [1.29, 1.82) is 0 Å². The predicted octanol–water partition coefficient (Wildman–Crippen LogP) is 3.76. The van der Waals surface area contributed by atoms with Gasteiger partial charge in [0.15, 0.2) is 0 Å². The minimum atomic E-state index is 0.0946. The minimum absolute atomic E-state index is 0.0946. The van der Waals surface area contributed by atoms with Crippen LogP contribution in [0.1, 0.15) is 5.69 Å². The van der Waals surface area contributed by atoms with E-state index in [0.717, 1.165) is 44.6 Å². The van der Waals surface area contributed by atoms with Crippen LogP contribution in [0.2, 0.25) is 0 Å². The molecule has 0 atom stereocenters. The van der Waals surface area contributed by atoms with Crippen molar-refractivity contribution in [1.82, 2.24) is 39.7 Å². The second kappa shape index (κ2) is 6.49. The number of H-pyrrole nitrogens is 2. The van der Waals surface area contributed by atoms with E-state index in [9.17, 15) is 5.11 Å². The molecule has 0 saturated heterocycles. The molecule has 0 bridgehead atoms. The molecule has 31 heavy (non-hydrogen) atoms. The fourth-order valence-electron chi connectivity index (χ4n) is 3.74. The van der Waals surface area contributed by atoms with E-state index in [1.807, 2.05) is 42.1 Å². The Labute approximate surface area is 175 Å². The van der Waals surface area contributed by atoms with Crippen LogP contribution < -0.4 is 0 Å². The van der Waals surface area contributed by atoms with Gasteiger partial charge >= 0.3 is 0 Å². The van der Waals surface area contributed by atoms with Gasteiger partial charge in [-0.25, -0.2) is 9.97 Å². The van der Waals surface area contributed by atoms with E-state index in [1.165, 1.54) is 6.20 Å². The van der Waals surface area contributed by atoms with Crippen LogP contribution in [0.15, 0.2) is 61.6 Å². The first-order chi connectivity index (χ1) is 15.2. The molecule has 3 N–H and O–H groups in total. The average molecular weight is 408 g/mol. The number of aryl methyl sites for hydroxylation is 1. The maximum absolute atomic E-state index is 9.76. The van der Waals surface area contributed by atoms with Crippen molar-refractivity contribution in [3.05, 3.63) is 67.3 Å². The lowest BCUT2D eigenvalue weighted by Gasteiger charge is -2.02. The number of nitrogens with one attached hydrogen (secondary N) is 2. The van der Waals surface area contributed by atoms with Crippen LogP contribution in [-0.4, -0.2) is 44.8 Å². The summed E-state index contributed by atoms with van der Waals surface area (Å²) in [6.45, 7) is 1.95. The average Bonchev–Trinajstić information content (AvgIpc) is 3.50. The molecule has 0 unspecified atom stereocenters. The molecule has 0 radical (unpaired) electrons. The number of fused-ring (bicyclic) bond motifs is 2. The Kier molecular flexibility index (Phi) is 3.63. The van der Waals surface area contributed by atoms with Gasteiger partial charge in [-0.05, 0) is 31.2 Å². The lowest BCUT2D eigenvalue weighted by Crippen LogP contribution is -1.91. The maximum atomic E-state index is 9.76. The Balaban J connectivity index is 1.51. The number of aromatic nitrogens is 8. The third-order valence-electron chi connectivity index (χ3n) is 5.20. The molecule has 0 fully saturated rings. The molecule has 0 aromatic carbocycles. The minimum Gasteiger partial charge on any atom is -0.506 e. The van der Waals surface area contributed by atoms with E-state index in [2.05, 4.69) is 30.1 Å². The first-order valence-electron chi connectivity index (χ1n) is 9.63. The fourth-order valence-corrected chi connectivity index (χ4v) is 3.74. The van der Waals surface area contributed by atoms with Crippen molar-refractivity contribution in [2.24, 2.45) is 0 Å². The lowest BCUT2D eigenvalue weighted by atomic mass is 10.1. The Morgan fingerprint density at radius 3 is 2.74 bits per heavy atom. The van der Waals surface area contributed by atoms with Crippen molar-refractivity contribution < 1.29 is 5.11 Å². The van der Waals surface area contributed by atoms with Crippen molar-refractivity contribution in [3.63, 3.8) is 0 Å². The maximum Gasteiger partial charge on any atom is 0.135 e. The lowest BCUT2D eigenvalue weighted by molar-refractivity contribution is 0.473. The van der Waals surface area contributed by atoms with Gasteiger partial charge in [0.1, 0.15) is 17.0 Å². The highest BCUT2D eigenvalue weighted by Crippen LogP contribution is 2.31. The SMILES string of the molecule is Cc1cn(-c2cncc3[nH]c(-c4n[nH]c5ccc(-c6cncc(O)c6)nc45)cc23)cn1. The van der Waals surface area contributed by atoms with E-state index in [4.69, 9.17) is 4.98 Å². The Morgan fingerprint density at radius 2 is 1.90 bits per heavy atom. The van der Waals surface area contributed by atoms with Gasteiger partial charge < -0.3 is 14.7 Å². The van der Waals surface area contributed by atoms with Crippen LogP contribution in [0.25, 0.3) is 50.3 Å². The van der Waals surface area contributed by atoms with E-state index in [1.54, 1.807) is 24.8 Å². The van der Waals surface area contributed by atoms with Gasteiger partial charge in [-0.15, -0.1) is 0 Å². The second-order valence-electron chi connectivity index (χ2n) is 7.32. The molecule has 0 aliphatic rings. The van der Waals surface area contributed by atoms with E-state index >= 15 is 0 Å². The summed E-state index contributed by atoms with van der Waals surface area (Å²) in [5.41, 5.74) is 7.25. The quantitative estimate of drug-likeness (QED) is 0.410. The molecule has 0 aliphatic heterocycles. The first kappa shape index (κ1) is 17.3. The third kappa shape index (κ3) is 2.83. The van der Waals surface area contributed by atoms with Gasteiger partial charge in [0.05, 0.1) is 58.7 Å². The third-order valence-corrected chi connectivity index (χ3v) is 5.20. The molecule has 0 saturated carbocycles. The number of nitrogens with zero attached hydrogens (tertiary/aromatic N) is 6. The molecular weight excluding hydrogens is 392 g/mol. The molecular formula is C22H16N8O. The molecule has 0 amide bonds. The highest BCUT2D eigenvalue weighted by Gasteiger charge is 2.16. The summed E-state index contributed by atoms with van der Waals surface area (Å²) in [4.78, 5) is 20.9. The zero-order valence-electron chi connectivity index (χ0n) is 16.4. The van der Waals surface area contributed by atoms with Gasteiger partial charge in [-0.1, -0.05) is 0 Å². The number of imidazole rings is 1. The van der Waals surface area contributed by atoms with Gasteiger partial charge in [0.2, 0.25) is 0 Å². The van der Waals surface area contributed by atoms with E-state index < -0.39 is 0 Å². The summed E-state index contributed by atoms with van der Waals surface area (Å²) in [5, 5.41) is 18.3. The summed E-state index contributed by atoms with van der Waals surface area (Å²) < 4.78 is 1.95. The van der Waals surface area contributed by atoms with Crippen molar-refractivity contribution in [3.8, 4) is 34.1 Å². The molecule has 6 aromatic heterocycles. The number of pyridine rings is 3. The van der Waals surface area contributed by atoms with Crippen LogP contribution in [-0.2, 0) is 0 Å². The summed E-state index contributed by atoms with van der Waals surface area (Å²) in [7, 11) is 0. The largest absolute Gasteiger partial charge is 0.506 e. The summed E-state index contributed by atoms with van der Waals surface area (Å²) >= 11 is 0. The van der Waals surface area contributed by atoms with Gasteiger partial charge in [0, 0.05) is 23.3 Å². The number of hydrogen-bond acceptors (Lipinski definition) is 6. The monoisotopic (exact) mass is 408 g/mol. The summed E-state index contributed by atoms with van der Waals surface area (Å²) in [5.74, 6) is 0.0946. The van der Waals surface area contributed by atoms with Crippen LogP contribution in [0.3, 0.4) is 0 Å². The van der Waals surface area contributed by atoms with Gasteiger partial charge in [-0.2, -0.15) is 5.10 Å². The predicted molar refractivity (Wildman–Crippen MR) is 116 cm³/mol. The molecule has 0 spiro atoms. The zero-order valence-corrected chi connectivity index (χ0v) is 16.4. The normalized spacial score (nSPS) is 11.5. The number of hydrogen-bond donors (Lipinski definition) is 3. The van der Waals surface area contributed by atoms with E-state index in [-0.39, 0.29) is 5.75 Å². The molecule has 9 heteroatoms. The van der Waals surface area contributed by atoms with Gasteiger partial charge in [-0.3, -0.25) is 15.1 Å². The van der Waals surface area contributed by atoms with E-state index in [0.29, 0.717) is 11.4 Å². The standard InChI is InChI=1S/C22H16N8O/c1-12-10-30(11-25-12)20-9-24-8-19-15(20)5-18(26-19)22-21-17(28-29-22)3-2-16(27-21)13-4-14(31)7-23-6-13/h2-11,26,31H,1H3,(H,28,29). The number of aromatic amines is 2. The number of aromatic hydroxyl groups is 1. The topological polar surface area (TPSA) is 121 Å². The molecule has 150 valence electrons. The van der Waals surface area contributed by atoms with Crippen molar-refractivity contribution in [2.45, 2.75) is 6.92 Å². The summed E-state index contributed by atoms with van der Waals surface area (Å²) in [6, 6.07) is 7.47. The highest BCUT2D eigenvalue weighted by atomic mass is 16.3. The van der Waals surface area contributed by atoms with Crippen LogP contribution in [0.5, 0.6) is 5.75 Å². The molecule has 0 aliphatic carbocycles. The number of rotatable bonds is 3. The highest BCUT2D eigenvalue weighted by molar-refractivity contribution is 5.96. The Hall–Kier alpha value is -4.53. The zero-order chi connectivity index (χ0) is 20.9. The smallest absolute Gasteiger partial charge is 0.135 e.